The van der Waals surface area contributed by atoms with Crippen LogP contribution < -0.4 is 9.64 Å². The minimum Gasteiger partial charge on any atom is -0.494 e. The molecule has 47 heavy (non-hydrogen) atoms. The number of anilines is 1. The van der Waals surface area contributed by atoms with Gasteiger partial charge in [0.25, 0.3) is 0 Å². The average Bonchev–Trinajstić information content (AvgIpc) is 3.80. The molecular formula is C35H42N6O5S. The van der Waals surface area contributed by atoms with E-state index >= 15 is 0 Å². The smallest absolute Gasteiger partial charge is 0.248 e. The van der Waals surface area contributed by atoms with Crippen LogP contribution in [0.4, 0.5) is 5.69 Å². The molecular weight excluding hydrogens is 616 g/mol. The molecule has 4 heterocycles. The number of nitrogens with zero attached hydrogens (tertiary/aromatic N) is 6. The maximum Gasteiger partial charge on any atom is 0.248 e. The van der Waals surface area contributed by atoms with Crippen LogP contribution in [0.2, 0.25) is 0 Å². The minimum absolute atomic E-state index is 0.000289. The van der Waals surface area contributed by atoms with Crippen LogP contribution in [-0.2, 0) is 21.1 Å². The van der Waals surface area contributed by atoms with Gasteiger partial charge in [0.1, 0.15) is 24.0 Å². The van der Waals surface area contributed by atoms with Gasteiger partial charge in [-0.1, -0.05) is 36.4 Å². The topological polar surface area (TPSA) is 121 Å². The van der Waals surface area contributed by atoms with E-state index in [1.54, 1.807) is 43.3 Å². The maximum absolute atomic E-state index is 14.8. The van der Waals surface area contributed by atoms with E-state index in [0.29, 0.717) is 36.4 Å². The molecule has 1 aromatic heterocycles. The number of hydrogen-bond acceptors (Lipinski definition) is 8. The summed E-state index contributed by atoms with van der Waals surface area (Å²) in [5.74, 6) is -1.16. The summed E-state index contributed by atoms with van der Waals surface area (Å²) in [6, 6.07) is 14.1. The molecule has 6 rings (SSSR count). The number of fused-ring (bicyclic) bond motifs is 2. The van der Waals surface area contributed by atoms with Crippen molar-refractivity contribution in [1.29, 1.82) is 0 Å². The average molecular weight is 659 g/mol. The van der Waals surface area contributed by atoms with E-state index in [0.717, 1.165) is 5.52 Å². The highest BCUT2D eigenvalue weighted by Crippen LogP contribution is 2.69. The molecule has 0 aliphatic carbocycles. The van der Waals surface area contributed by atoms with E-state index in [4.69, 9.17) is 4.74 Å². The van der Waals surface area contributed by atoms with E-state index in [-0.39, 0.29) is 61.8 Å². The molecule has 6 atom stereocenters. The summed E-state index contributed by atoms with van der Waals surface area (Å²) in [6.07, 6.45) is 4.39. The molecule has 3 aliphatic rings. The Morgan fingerprint density at radius 3 is 2.57 bits per heavy atom. The standard InChI is InChI=1S/C35H42N6O5S/c1-5-17-38(22-41-27-12-9-8-11-26(27)36-37-41)34(45)31-35-23(4)21-28(47-35)29(30(35)33(44)40(31)19-10-20-42)32(43)39(18-6-2)24-13-15-25(16-14-24)46-7-3/h5-6,8-9,11-16,23,28-31,42H,1-2,7,10,17-22H2,3-4H3/t23?,28-,29+,30-,31?,35?/m0/s1. The van der Waals surface area contributed by atoms with E-state index in [2.05, 4.69) is 30.4 Å². The number of ether oxygens (including phenoxy) is 1. The first kappa shape index (κ1) is 32.8. The first-order valence-corrected chi connectivity index (χ1v) is 17.1. The van der Waals surface area contributed by atoms with Gasteiger partial charge in [0.15, 0.2) is 0 Å². The number of carbonyl (C=O) groups is 3. The Labute approximate surface area is 279 Å². The molecule has 0 radical (unpaired) electrons. The summed E-state index contributed by atoms with van der Waals surface area (Å²) in [5, 5.41) is 18.2. The van der Waals surface area contributed by atoms with Gasteiger partial charge in [-0.25, -0.2) is 4.68 Å². The lowest BCUT2D eigenvalue weighted by Crippen LogP contribution is -2.57. The van der Waals surface area contributed by atoms with Gasteiger partial charge in [-0.2, -0.15) is 0 Å². The molecule has 1 spiro atoms. The summed E-state index contributed by atoms with van der Waals surface area (Å²) in [6.45, 7) is 13.1. The number of benzene rings is 2. The molecule has 11 nitrogen and oxygen atoms in total. The predicted octanol–water partition coefficient (Wildman–Crippen LogP) is 3.74. The molecule has 248 valence electrons. The Balaban J connectivity index is 1.37. The third kappa shape index (κ3) is 5.50. The Morgan fingerprint density at radius 1 is 1.13 bits per heavy atom. The second-order valence-corrected chi connectivity index (χ2v) is 13.9. The molecule has 3 aliphatic heterocycles. The maximum atomic E-state index is 14.8. The summed E-state index contributed by atoms with van der Waals surface area (Å²) >= 11 is 1.63. The number of carbonyl (C=O) groups excluding carboxylic acids is 3. The normalized spacial score (nSPS) is 26.0. The SMILES string of the molecule is C=CCN(Cn1nnc2ccccc21)C(=O)C1N(CCCO)C(=O)[C@@H]2[C@H](C(=O)N(CC=C)c3ccc(OCC)cc3)[C@@H]3CC(C)C12S3. The van der Waals surface area contributed by atoms with E-state index in [9.17, 15) is 19.5 Å². The van der Waals surface area contributed by atoms with Crippen LogP contribution in [0.1, 0.15) is 26.7 Å². The molecule has 0 saturated carbocycles. The fourth-order valence-electron chi connectivity index (χ4n) is 7.81. The summed E-state index contributed by atoms with van der Waals surface area (Å²) in [5.41, 5.74) is 2.20. The van der Waals surface area contributed by atoms with Crippen LogP contribution in [-0.4, -0.2) is 96.5 Å². The molecule has 1 N–H and O–H groups in total. The molecule has 3 aromatic rings. The highest BCUT2D eigenvalue weighted by Gasteiger charge is 2.76. The van der Waals surface area contributed by atoms with Crippen LogP contribution in [0.15, 0.2) is 73.8 Å². The Morgan fingerprint density at radius 2 is 1.87 bits per heavy atom. The molecule has 3 saturated heterocycles. The van der Waals surface area contributed by atoms with E-state index in [1.807, 2.05) is 55.5 Å². The lowest BCUT2D eigenvalue weighted by Gasteiger charge is -2.41. The second-order valence-electron chi connectivity index (χ2n) is 12.4. The number of aliphatic hydroxyl groups is 1. The molecule has 3 unspecified atom stereocenters. The highest BCUT2D eigenvalue weighted by atomic mass is 32.2. The predicted molar refractivity (Wildman–Crippen MR) is 182 cm³/mol. The van der Waals surface area contributed by atoms with Crippen LogP contribution in [0.5, 0.6) is 5.75 Å². The zero-order valence-electron chi connectivity index (χ0n) is 26.9. The summed E-state index contributed by atoms with van der Waals surface area (Å²) in [7, 11) is 0. The van der Waals surface area contributed by atoms with Gasteiger partial charge in [0.05, 0.1) is 28.7 Å². The fraction of sp³-hybridized carbons (Fsp3) is 0.457. The van der Waals surface area contributed by atoms with Crippen molar-refractivity contribution in [1.82, 2.24) is 24.8 Å². The summed E-state index contributed by atoms with van der Waals surface area (Å²) in [4.78, 5) is 49.0. The number of rotatable bonds is 14. The van der Waals surface area contributed by atoms with Crippen LogP contribution in [0, 0.1) is 17.8 Å². The summed E-state index contributed by atoms with van der Waals surface area (Å²) < 4.78 is 6.48. The van der Waals surface area contributed by atoms with Gasteiger partial charge in [-0.05, 0) is 62.1 Å². The number of likely N-dealkylation sites (tertiary alicyclic amines) is 1. The lowest BCUT2D eigenvalue weighted by molar-refractivity contribution is -0.143. The molecule has 2 bridgehead atoms. The van der Waals surface area contributed by atoms with E-state index < -0.39 is 22.6 Å². The van der Waals surface area contributed by atoms with Crippen molar-refractivity contribution in [2.45, 2.75) is 49.4 Å². The number of amides is 3. The quantitative estimate of drug-likeness (QED) is 0.260. The Hall–Kier alpha value is -4.16. The van der Waals surface area contributed by atoms with Gasteiger partial charge in [-0.3, -0.25) is 14.4 Å². The van der Waals surface area contributed by atoms with Crippen molar-refractivity contribution in [3.63, 3.8) is 0 Å². The third-order valence-corrected chi connectivity index (χ3v) is 11.8. The number of aromatic nitrogens is 3. The van der Waals surface area contributed by atoms with Crippen molar-refractivity contribution in [3.8, 4) is 5.75 Å². The van der Waals surface area contributed by atoms with Crippen molar-refractivity contribution in [3.05, 3.63) is 73.8 Å². The largest absolute Gasteiger partial charge is 0.494 e. The van der Waals surface area contributed by atoms with Crippen LogP contribution >= 0.6 is 11.8 Å². The van der Waals surface area contributed by atoms with Crippen molar-refractivity contribution < 1.29 is 24.2 Å². The number of hydrogen-bond donors (Lipinski definition) is 1. The number of para-hydroxylation sites is 1. The molecule has 12 heteroatoms. The molecule has 3 amide bonds. The Bertz CT molecular complexity index is 1660. The fourth-order valence-corrected chi connectivity index (χ4v) is 10.2. The van der Waals surface area contributed by atoms with Gasteiger partial charge >= 0.3 is 0 Å². The van der Waals surface area contributed by atoms with Gasteiger partial charge in [0, 0.05) is 37.2 Å². The second kappa shape index (κ2) is 13.5. The van der Waals surface area contributed by atoms with E-state index in [1.165, 1.54) is 0 Å². The zero-order chi connectivity index (χ0) is 33.3. The molecule has 2 aromatic carbocycles. The van der Waals surface area contributed by atoms with Crippen molar-refractivity contribution in [2.75, 3.05) is 37.7 Å². The van der Waals surface area contributed by atoms with Crippen molar-refractivity contribution >= 4 is 46.2 Å². The van der Waals surface area contributed by atoms with Gasteiger partial charge in [0.2, 0.25) is 17.7 Å². The first-order valence-electron chi connectivity index (χ1n) is 16.2. The Kier molecular flexibility index (Phi) is 9.43. The highest BCUT2D eigenvalue weighted by molar-refractivity contribution is 8.02. The van der Waals surface area contributed by atoms with Crippen LogP contribution in [0.25, 0.3) is 11.0 Å². The van der Waals surface area contributed by atoms with Crippen molar-refractivity contribution in [2.24, 2.45) is 17.8 Å². The lowest BCUT2D eigenvalue weighted by atomic mass is 9.65. The zero-order valence-corrected chi connectivity index (χ0v) is 27.7. The monoisotopic (exact) mass is 658 g/mol. The van der Waals surface area contributed by atoms with Gasteiger partial charge < -0.3 is 24.5 Å². The molecule has 3 fully saturated rings. The first-order chi connectivity index (χ1) is 22.8. The van der Waals surface area contributed by atoms with Crippen LogP contribution in [0.3, 0.4) is 0 Å². The number of aliphatic hydroxyl groups excluding tert-OH is 1. The number of thioether (sulfide) groups is 1. The van der Waals surface area contributed by atoms with Gasteiger partial charge in [-0.15, -0.1) is 30.0 Å². The third-order valence-electron chi connectivity index (χ3n) is 9.74. The minimum atomic E-state index is -0.817.